The molecule has 5 nitrogen and oxygen atoms in total. The summed E-state index contributed by atoms with van der Waals surface area (Å²) in [7, 11) is 1.79. The van der Waals surface area contributed by atoms with Crippen molar-refractivity contribution in [3.63, 3.8) is 0 Å². The Labute approximate surface area is 161 Å². The van der Waals surface area contributed by atoms with Gasteiger partial charge in [0.05, 0.1) is 13.2 Å². The third-order valence-corrected chi connectivity index (χ3v) is 4.65. The van der Waals surface area contributed by atoms with Crippen LogP contribution in [0.1, 0.15) is 29.2 Å². The van der Waals surface area contributed by atoms with Crippen LogP contribution in [0.3, 0.4) is 0 Å². The summed E-state index contributed by atoms with van der Waals surface area (Å²) in [4.78, 5) is 4.32. The first kappa shape index (κ1) is 19.1. The molecule has 1 aliphatic rings. The highest BCUT2D eigenvalue weighted by Crippen LogP contribution is 2.25. The zero-order valence-electron chi connectivity index (χ0n) is 16.5. The van der Waals surface area contributed by atoms with Crippen molar-refractivity contribution in [2.24, 2.45) is 4.99 Å². The fourth-order valence-corrected chi connectivity index (χ4v) is 3.22. The van der Waals surface area contributed by atoms with E-state index >= 15 is 0 Å². The number of ether oxygens (including phenoxy) is 2. The Hall–Kier alpha value is -2.69. The van der Waals surface area contributed by atoms with Gasteiger partial charge in [-0.25, -0.2) is 0 Å². The molecule has 0 fully saturated rings. The molecule has 1 heterocycles. The maximum Gasteiger partial charge on any atom is 0.191 e. The van der Waals surface area contributed by atoms with Gasteiger partial charge in [0, 0.05) is 32.1 Å². The molecule has 27 heavy (non-hydrogen) atoms. The number of guanidine groups is 1. The van der Waals surface area contributed by atoms with Gasteiger partial charge in [-0.15, -0.1) is 0 Å². The molecule has 0 saturated heterocycles. The summed E-state index contributed by atoms with van der Waals surface area (Å²) in [6, 6.07) is 12.8. The molecule has 0 amide bonds. The summed E-state index contributed by atoms with van der Waals surface area (Å²) in [6.45, 7) is 7.04. The molecule has 0 spiro atoms. The molecule has 0 saturated carbocycles. The summed E-state index contributed by atoms with van der Waals surface area (Å²) < 4.78 is 11.3. The second-order valence-electron chi connectivity index (χ2n) is 6.69. The van der Waals surface area contributed by atoms with Crippen molar-refractivity contribution in [2.75, 3.05) is 26.8 Å². The minimum Gasteiger partial charge on any atom is -0.494 e. The van der Waals surface area contributed by atoms with Gasteiger partial charge in [0.15, 0.2) is 5.96 Å². The number of fused-ring (bicyclic) bond motifs is 1. The van der Waals surface area contributed by atoms with E-state index in [-0.39, 0.29) is 0 Å². The summed E-state index contributed by atoms with van der Waals surface area (Å²) in [6.07, 6.45) is 1.96. The van der Waals surface area contributed by atoms with Crippen LogP contribution in [0.5, 0.6) is 11.5 Å². The quantitative estimate of drug-likeness (QED) is 0.583. The Balaban J connectivity index is 1.50. The average molecular weight is 367 g/mol. The smallest absolute Gasteiger partial charge is 0.191 e. The Morgan fingerprint density at radius 3 is 2.89 bits per heavy atom. The lowest BCUT2D eigenvalue weighted by Crippen LogP contribution is -2.37. The number of rotatable bonds is 7. The molecule has 0 unspecified atom stereocenters. The Bertz CT molecular complexity index is 802. The molecule has 0 aromatic heterocycles. The van der Waals surface area contributed by atoms with E-state index in [2.05, 4.69) is 58.9 Å². The number of aliphatic imine (C=N–C) groups is 1. The Kier molecular flexibility index (Phi) is 6.58. The van der Waals surface area contributed by atoms with Gasteiger partial charge in [-0.1, -0.05) is 24.3 Å². The third kappa shape index (κ3) is 5.16. The standard InChI is InChI=1S/C22H29N3O2/c1-4-26-21-13-16(2)5-7-19(21)15-25-22(23-3)24-11-9-17-6-8-20-18(14-17)10-12-27-20/h5-8,13-14H,4,9-12,15H2,1-3H3,(H2,23,24,25). The summed E-state index contributed by atoms with van der Waals surface area (Å²) >= 11 is 0. The summed E-state index contributed by atoms with van der Waals surface area (Å²) in [5.41, 5.74) is 4.96. The van der Waals surface area contributed by atoms with E-state index in [0.29, 0.717) is 13.2 Å². The molecule has 1 aliphatic heterocycles. The van der Waals surface area contributed by atoms with Gasteiger partial charge in [0.1, 0.15) is 11.5 Å². The Morgan fingerprint density at radius 1 is 1.19 bits per heavy atom. The van der Waals surface area contributed by atoms with E-state index in [1.54, 1.807) is 7.05 Å². The van der Waals surface area contributed by atoms with Gasteiger partial charge in [0.25, 0.3) is 0 Å². The lowest BCUT2D eigenvalue weighted by molar-refractivity contribution is 0.336. The molecule has 3 rings (SSSR count). The fourth-order valence-electron chi connectivity index (χ4n) is 3.22. The molecular weight excluding hydrogens is 338 g/mol. The van der Waals surface area contributed by atoms with Crippen LogP contribution in [0.25, 0.3) is 0 Å². The van der Waals surface area contributed by atoms with Gasteiger partial charge in [-0.2, -0.15) is 0 Å². The van der Waals surface area contributed by atoms with Gasteiger partial charge in [0.2, 0.25) is 0 Å². The predicted octanol–water partition coefficient (Wildman–Crippen LogP) is 3.24. The van der Waals surface area contributed by atoms with Crippen molar-refractivity contribution in [3.05, 3.63) is 58.7 Å². The highest BCUT2D eigenvalue weighted by atomic mass is 16.5. The molecule has 0 aliphatic carbocycles. The van der Waals surface area contributed by atoms with E-state index in [9.17, 15) is 0 Å². The van der Waals surface area contributed by atoms with Gasteiger partial charge >= 0.3 is 0 Å². The van der Waals surface area contributed by atoms with Gasteiger partial charge in [-0.3, -0.25) is 4.99 Å². The molecule has 2 aromatic carbocycles. The normalized spacial score (nSPS) is 13.1. The highest BCUT2D eigenvalue weighted by Gasteiger charge is 2.12. The third-order valence-electron chi connectivity index (χ3n) is 4.65. The molecule has 0 bridgehead atoms. The second kappa shape index (κ2) is 9.31. The van der Waals surface area contributed by atoms with Gasteiger partial charge < -0.3 is 20.1 Å². The summed E-state index contributed by atoms with van der Waals surface area (Å²) in [5, 5.41) is 6.76. The first-order valence-electron chi connectivity index (χ1n) is 9.61. The monoisotopic (exact) mass is 367 g/mol. The number of benzene rings is 2. The first-order valence-corrected chi connectivity index (χ1v) is 9.61. The van der Waals surface area contributed by atoms with Crippen LogP contribution in [0.4, 0.5) is 0 Å². The predicted molar refractivity (Wildman–Crippen MR) is 110 cm³/mol. The van der Waals surface area contributed by atoms with E-state index < -0.39 is 0 Å². The summed E-state index contributed by atoms with van der Waals surface area (Å²) in [5.74, 6) is 2.76. The van der Waals surface area contributed by atoms with Crippen molar-refractivity contribution in [1.82, 2.24) is 10.6 Å². The van der Waals surface area contributed by atoms with Crippen LogP contribution in [-0.2, 0) is 19.4 Å². The van der Waals surface area contributed by atoms with E-state index in [0.717, 1.165) is 49.0 Å². The number of hydrogen-bond donors (Lipinski definition) is 2. The van der Waals surface area contributed by atoms with Crippen LogP contribution in [-0.4, -0.2) is 32.8 Å². The largest absolute Gasteiger partial charge is 0.494 e. The Morgan fingerprint density at radius 2 is 2.07 bits per heavy atom. The zero-order valence-corrected chi connectivity index (χ0v) is 16.5. The minimum atomic E-state index is 0.662. The number of nitrogens with one attached hydrogen (secondary N) is 2. The van der Waals surface area contributed by atoms with Crippen LogP contribution in [0.2, 0.25) is 0 Å². The van der Waals surface area contributed by atoms with Crippen molar-refractivity contribution in [3.8, 4) is 11.5 Å². The number of nitrogens with zero attached hydrogens (tertiary/aromatic N) is 1. The molecule has 144 valence electrons. The maximum atomic E-state index is 5.75. The second-order valence-corrected chi connectivity index (χ2v) is 6.69. The maximum absolute atomic E-state index is 5.75. The molecule has 2 aromatic rings. The van der Waals surface area contributed by atoms with Crippen LogP contribution in [0.15, 0.2) is 41.4 Å². The van der Waals surface area contributed by atoms with E-state index in [1.165, 1.54) is 16.7 Å². The van der Waals surface area contributed by atoms with Crippen molar-refractivity contribution in [2.45, 2.75) is 33.2 Å². The van der Waals surface area contributed by atoms with Crippen LogP contribution >= 0.6 is 0 Å². The number of aryl methyl sites for hydroxylation is 1. The van der Waals surface area contributed by atoms with Crippen molar-refractivity contribution >= 4 is 5.96 Å². The molecule has 2 N–H and O–H groups in total. The molecular formula is C22H29N3O2. The SMILES string of the molecule is CCOc1cc(C)ccc1CNC(=NC)NCCc1ccc2c(c1)CCO2. The number of hydrogen-bond acceptors (Lipinski definition) is 3. The zero-order chi connectivity index (χ0) is 19.1. The average Bonchev–Trinajstić information content (AvgIpc) is 3.14. The first-order chi connectivity index (χ1) is 13.2. The minimum absolute atomic E-state index is 0.662. The highest BCUT2D eigenvalue weighted by molar-refractivity contribution is 5.79. The fraction of sp³-hybridized carbons (Fsp3) is 0.409. The molecule has 5 heteroatoms. The lowest BCUT2D eigenvalue weighted by atomic mass is 10.1. The van der Waals surface area contributed by atoms with E-state index in [1.807, 2.05) is 6.92 Å². The van der Waals surface area contributed by atoms with E-state index in [4.69, 9.17) is 9.47 Å². The van der Waals surface area contributed by atoms with Crippen molar-refractivity contribution < 1.29 is 9.47 Å². The topological polar surface area (TPSA) is 54.9 Å². The van der Waals surface area contributed by atoms with Crippen molar-refractivity contribution in [1.29, 1.82) is 0 Å². The van der Waals surface area contributed by atoms with Crippen LogP contribution in [0, 0.1) is 6.92 Å². The lowest BCUT2D eigenvalue weighted by Gasteiger charge is -2.15. The van der Waals surface area contributed by atoms with Gasteiger partial charge in [-0.05, 0) is 49.1 Å². The van der Waals surface area contributed by atoms with Crippen LogP contribution < -0.4 is 20.1 Å². The molecule has 0 radical (unpaired) electrons. The molecule has 0 atom stereocenters.